The van der Waals surface area contributed by atoms with Gasteiger partial charge in [0.15, 0.2) is 0 Å². The van der Waals surface area contributed by atoms with Crippen molar-refractivity contribution in [1.29, 1.82) is 0 Å². The zero-order chi connectivity index (χ0) is 9.80. The molecular formula is C10H14N2OS. The lowest BCUT2D eigenvalue weighted by molar-refractivity contribution is -0.122. The Morgan fingerprint density at radius 1 is 1.57 bits per heavy atom. The van der Waals surface area contributed by atoms with Crippen LogP contribution in [0.25, 0.3) is 0 Å². The van der Waals surface area contributed by atoms with Crippen molar-refractivity contribution in [2.75, 3.05) is 13.1 Å². The van der Waals surface area contributed by atoms with Crippen molar-refractivity contribution in [3.05, 3.63) is 16.6 Å². The smallest absolute Gasteiger partial charge is 0.141 e. The normalized spacial score (nSPS) is 18.3. The number of carbonyl (C=O) groups excluding carboxylic acids is 1. The molecule has 1 fully saturated rings. The number of rotatable bonds is 3. The summed E-state index contributed by atoms with van der Waals surface area (Å²) in [7, 11) is 0. The molecule has 1 aliphatic heterocycles. The van der Waals surface area contributed by atoms with Gasteiger partial charge in [-0.15, -0.1) is 11.3 Å². The third kappa shape index (κ3) is 2.39. The topological polar surface area (TPSA) is 42.0 Å². The minimum Gasteiger partial charge on any atom is -0.317 e. The first-order valence-electron chi connectivity index (χ1n) is 4.97. The standard InChI is InChI=1S/C10H14N2OS/c13-10(5-9-6-12-7-14-9)8-1-3-11-4-2-8/h6-8,11H,1-5H2. The van der Waals surface area contributed by atoms with E-state index >= 15 is 0 Å². The number of nitrogens with one attached hydrogen (secondary N) is 1. The van der Waals surface area contributed by atoms with Crippen LogP contribution >= 0.6 is 11.3 Å². The first kappa shape index (κ1) is 9.80. The average molecular weight is 210 g/mol. The Labute approximate surface area is 87.6 Å². The summed E-state index contributed by atoms with van der Waals surface area (Å²) in [4.78, 5) is 16.9. The summed E-state index contributed by atoms with van der Waals surface area (Å²) < 4.78 is 0. The number of carbonyl (C=O) groups is 1. The zero-order valence-electron chi connectivity index (χ0n) is 8.03. The number of hydrogen-bond donors (Lipinski definition) is 1. The number of nitrogens with zero attached hydrogens (tertiary/aromatic N) is 1. The van der Waals surface area contributed by atoms with Crippen LogP contribution in [0.2, 0.25) is 0 Å². The van der Waals surface area contributed by atoms with Crippen LogP contribution in [0.5, 0.6) is 0 Å². The molecule has 3 nitrogen and oxygen atoms in total. The molecule has 2 heterocycles. The van der Waals surface area contributed by atoms with Gasteiger partial charge in [0, 0.05) is 23.4 Å². The molecule has 0 unspecified atom stereocenters. The highest BCUT2D eigenvalue weighted by molar-refractivity contribution is 7.09. The molecule has 0 aliphatic carbocycles. The van der Waals surface area contributed by atoms with Gasteiger partial charge in [-0.3, -0.25) is 9.78 Å². The van der Waals surface area contributed by atoms with Gasteiger partial charge in [0.2, 0.25) is 0 Å². The van der Waals surface area contributed by atoms with Gasteiger partial charge in [-0.2, -0.15) is 0 Å². The molecule has 0 atom stereocenters. The van der Waals surface area contributed by atoms with Gasteiger partial charge < -0.3 is 5.32 Å². The molecule has 0 spiro atoms. The van der Waals surface area contributed by atoms with Crippen molar-refractivity contribution in [1.82, 2.24) is 10.3 Å². The number of ketones is 1. The van der Waals surface area contributed by atoms with Gasteiger partial charge in [0.25, 0.3) is 0 Å². The molecule has 1 N–H and O–H groups in total. The lowest BCUT2D eigenvalue weighted by Crippen LogP contribution is -2.32. The van der Waals surface area contributed by atoms with Gasteiger partial charge in [0.05, 0.1) is 5.51 Å². The van der Waals surface area contributed by atoms with E-state index in [4.69, 9.17) is 0 Å². The van der Waals surface area contributed by atoms with Crippen LogP contribution in [0.4, 0.5) is 0 Å². The van der Waals surface area contributed by atoms with Crippen molar-refractivity contribution in [3.63, 3.8) is 0 Å². The van der Waals surface area contributed by atoms with Crippen LogP contribution in [-0.2, 0) is 11.2 Å². The molecule has 14 heavy (non-hydrogen) atoms. The Kier molecular flexibility index (Phi) is 3.26. The first-order chi connectivity index (χ1) is 6.86. The van der Waals surface area contributed by atoms with Crippen molar-refractivity contribution >= 4 is 17.1 Å². The molecule has 0 amide bonds. The highest BCUT2D eigenvalue weighted by atomic mass is 32.1. The molecule has 0 bridgehead atoms. The first-order valence-corrected chi connectivity index (χ1v) is 5.85. The van der Waals surface area contributed by atoms with Crippen LogP contribution in [-0.4, -0.2) is 23.9 Å². The summed E-state index contributed by atoms with van der Waals surface area (Å²) in [6.45, 7) is 1.97. The number of Topliss-reactive ketones (excluding diaryl/α,β-unsaturated/α-hetero) is 1. The fourth-order valence-electron chi connectivity index (χ4n) is 1.79. The minimum atomic E-state index is 0.276. The minimum absolute atomic E-state index is 0.276. The van der Waals surface area contributed by atoms with Crippen LogP contribution < -0.4 is 5.32 Å². The Balaban J connectivity index is 1.88. The predicted molar refractivity (Wildman–Crippen MR) is 56.4 cm³/mol. The van der Waals surface area contributed by atoms with E-state index < -0.39 is 0 Å². The van der Waals surface area contributed by atoms with E-state index in [9.17, 15) is 4.79 Å². The highest BCUT2D eigenvalue weighted by Crippen LogP contribution is 2.17. The van der Waals surface area contributed by atoms with Crippen molar-refractivity contribution in [3.8, 4) is 0 Å². The number of hydrogen-bond acceptors (Lipinski definition) is 4. The molecule has 1 aromatic rings. The maximum atomic E-state index is 11.8. The third-order valence-electron chi connectivity index (χ3n) is 2.63. The van der Waals surface area contributed by atoms with E-state index in [2.05, 4.69) is 10.3 Å². The van der Waals surface area contributed by atoms with Gasteiger partial charge in [-0.1, -0.05) is 0 Å². The second-order valence-electron chi connectivity index (χ2n) is 3.64. The molecule has 0 saturated carbocycles. The van der Waals surface area contributed by atoms with E-state index in [0.29, 0.717) is 12.2 Å². The fourth-order valence-corrected chi connectivity index (χ4v) is 2.39. The Morgan fingerprint density at radius 3 is 3.00 bits per heavy atom. The molecule has 1 aromatic heterocycles. The number of aromatic nitrogens is 1. The summed E-state index contributed by atoms with van der Waals surface area (Å²) in [5.41, 5.74) is 1.78. The van der Waals surface area contributed by atoms with Crippen molar-refractivity contribution < 1.29 is 4.79 Å². The SMILES string of the molecule is O=C(Cc1cncs1)C1CCNCC1. The Morgan fingerprint density at radius 2 is 2.36 bits per heavy atom. The summed E-state index contributed by atoms with van der Waals surface area (Å²) in [5.74, 6) is 0.661. The van der Waals surface area contributed by atoms with Crippen LogP contribution in [0.15, 0.2) is 11.7 Å². The lowest BCUT2D eigenvalue weighted by Gasteiger charge is -2.20. The Hall–Kier alpha value is -0.740. The average Bonchev–Trinajstić information content (AvgIpc) is 2.72. The summed E-state index contributed by atoms with van der Waals surface area (Å²) in [6.07, 6.45) is 4.37. The van der Waals surface area contributed by atoms with E-state index in [1.165, 1.54) is 0 Å². The van der Waals surface area contributed by atoms with E-state index in [1.54, 1.807) is 23.0 Å². The van der Waals surface area contributed by atoms with Crippen LogP contribution in [0, 0.1) is 5.92 Å². The van der Waals surface area contributed by atoms with E-state index in [1.807, 2.05) is 0 Å². The van der Waals surface area contributed by atoms with Gasteiger partial charge in [0.1, 0.15) is 5.78 Å². The Bertz CT molecular complexity index is 291. The van der Waals surface area contributed by atoms with Crippen molar-refractivity contribution in [2.24, 2.45) is 5.92 Å². The second kappa shape index (κ2) is 4.66. The third-order valence-corrected chi connectivity index (χ3v) is 3.41. The van der Waals surface area contributed by atoms with Crippen LogP contribution in [0.1, 0.15) is 17.7 Å². The maximum absolute atomic E-state index is 11.8. The number of thiazole rings is 1. The monoisotopic (exact) mass is 210 g/mol. The summed E-state index contributed by atoms with van der Waals surface area (Å²) in [6, 6.07) is 0. The molecule has 4 heteroatoms. The van der Waals surface area contributed by atoms with Gasteiger partial charge in [-0.25, -0.2) is 0 Å². The summed E-state index contributed by atoms with van der Waals surface area (Å²) >= 11 is 1.57. The van der Waals surface area contributed by atoms with E-state index in [0.717, 1.165) is 30.8 Å². The molecule has 0 radical (unpaired) electrons. The fraction of sp³-hybridized carbons (Fsp3) is 0.600. The zero-order valence-corrected chi connectivity index (χ0v) is 8.85. The quantitative estimate of drug-likeness (QED) is 0.816. The van der Waals surface area contributed by atoms with Gasteiger partial charge in [-0.05, 0) is 25.9 Å². The summed E-state index contributed by atoms with van der Waals surface area (Å²) in [5, 5.41) is 3.27. The van der Waals surface area contributed by atoms with Crippen LogP contribution in [0.3, 0.4) is 0 Å². The van der Waals surface area contributed by atoms with E-state index in [-0.39, 0.29) is 5.92 Å². The molecular weight excluding hydrogens is 196 g/mol. The second-order valence-corrected chi connectivity index (χ2v) is 4.61. The largest absolute Gasteiger partial charge is 0.317 e. The molecule has 2 rings (SSSR count). The molecule has 0 aromatic carbocycles. The van der Waals surface area contributed by atoms with Crippen molar-refractivity contribution in [2.45, 2.75) is 19.3 Å². The van der Waals surface area contributed by atoms with Gasteiger partial charge >= 0.3 is 0 Å². The molecule has 1 saturated heterocycles. The maximum Gasteiger partial charge on any atom is 0.141 e. The molecule has 76 valence electrons. The lowest BCUT2D eigenvalue weighted by atomic mass is 9.92. The highest BCUT2D eigenvalue weighted by Gasteiger charge is 2.20. The molecule has 1 aliphatic rings. The predicted octanol–water partition coefficient (Wildman–Crippen LogP) is 1.25. The number of piperidine rings is 1.